The first-order chi connectivity index (χ1) is 10.1. The summed E-state index contributed by atoms with van der Waals surface area (Å²) in [5, 5.41) is 4.78. The average Bonchev–Trinajstić information content (AvgIpc) is 2.47. The van der Waals surface area contributed by atoms with E-state index in [0.29, 0.717) is 31.0 Å². The molecule has 0 fully saturated rings. The van der Waals surface area contributed by atoms with Crippen LogP contribution >= 0.6 is 11.6 Å². The summed E-state index contributed by atoms with van der Waals surface area (Å²) in [6.45, 7) is 5.30. The zero-order chi connectivity index (χ0) is 15.7. The van der Waals surface area contributed by atoms with Crippen molar-refractivity contribution in [2.75, 3.05) is 25.1 Å². The molecule has 0 spiro atoms. The molecule has 2 N–H and O–H groups in total. The summed E-state index contributed by atoms with van der Waals surface area (Å²) in [5.41, 5.74) is 0.872. The number of para-hydroxylation sites is 1. The number of amides is 2. The zero-order valence-corrected chi connectivity index (χ0v) is 13.1. The predicted octanol–water partition coefficient (Wildman–Crippen LogP) is 2.41. The van der Waals surface area contributed by atoms with Crippen LogP contribution < -0.4 is 10.6 Å². The molecule has 0 bridgehead atoms. The van der Waals surface area contributed by atoms with Crippen LogP contribution in [0.5, 0.6) is 0 Å². The van der Waals surface area contributed by atoms with Gasteiger partial charge < -0.3 is 15.4 Å². The van der Waals surface area contributed by atoms with Crippen LogP contribution in [0.2, 0.25) is 0 Å². The van der Waals surface area contributed by atoms with Gasteiger partial charge in [-0.05, 0) is 32.4 Å². The molecule has 116 valence electrons. The Hall–Kier alpha value is -1.59. The summed E-state index contributed by atoms with van der Waals surface area (Å²) in [7, 11) is 0. The van der Waals surface area contributed by atoms with Gasteiger partial charge in [0.2, 0.25) is 5.91 Å². The first kappa shape index (κ1) is 17.5. The van der Waals surface area contributed by atoms with Crippen LogP contribution in [0.1, 0.15) is 30.6 Å². The lowest BCUT2D eigenvalue weighted by molar-refractivity contribution is -0.115. The fourth-order valence-corrected chi connectivity index (χ4v) is 1.69. The van der Waals surface area contributed by atoms with Gasteiger partial charge in [0.05, 0.1) is 11.3 Å². The fourth-order valence-electron chi connectivity index (χ4n) is 1.64. The maximum absolute atomic E-state index is 12.1. The van der Waals surface area contributed by atoms with Crippen molar-refractivity contribution in [3.8, 4) is 0 Å². The Morgan fingerprint density at radius 2 is 2.05 bits per heavy atom. The number of benzene rings is 1. The molecule has 0 aromatic heterocycles. The lowest BCUT2D eigenvalue weighted by atomic mass is 10.1. The molecule has 0 aliphatic carbocycles. The first-order valence-electron chi connectivity index (χ1n) is 6.96. The van der Waals surface area contributed by atoms with E-state index in [1.165, 1.54) is 0 Å². The van der Waals surface area contributed by atoms with Gasteiger partial charge >= 0.3 is 0 Å². The van der Waals surface area contributed by atoms with Gasteiger partial charge in [-0.15, -0.1) is 11.6 Å². The second kappa shape index (κ2) is 9.37. The van der Waals surface area contributed by atoms with Gasteiger partial charge in [0.1, 0.15) is 5.38 Å². The summed E-state index contributed by atoms with van der Waals surface area (Å²) >= 11 is 5.72. The van der Waals surface area contributed by atoms with E-state index in [2.05, 4.69) is 10.6 Å². The minimum Gasteiger partial charge on any atom is -0.382 e. The molecule has 0 radical (unpaired) electrons. The number of halogens is 1. The topological polar surface area (TPSA) is 67.4 Å². The van der Waals surface area contributed by atoms with Crippen LogP contribution in [-0.4, -0.2) is 36.9 Å². The number of hydrogen-bond donors (Lipinski definition) is 2. The van der Waals surface area contributed by atoms with E-state index in [4.69, 9.17) is 16.3 Å². The molecule has 5 nitrogen and oxygen atoms in total. The smallest absolute Gasteiger partial charge is 0.253 e. The monoisotopic (exact) mass is 312 g/mol. The second-order valence-corrected chi connectivity index (χ2v) is 5.11. The quantitative estimate of drug-likeness (QED) is 0.572. The minimum atomic E-state index is -0.660. The summed E-state index contributed by atoms with van der Waals surface area (Å²) in [5.74, 6) is -0.571. The number of carbonyl (C=O) groups is 2. The maximum Gasteiger partial charge on any atom is 0.253 e. The van der Waals surface area contributed by atoms with Crippen molar-refractivity contribution in [3.63, 3.8) is 0 Å². The Morgan fingerprint density at radius 1 is 1.33 bits per heavy atom. The normalized spacial score (nSPS) is 11.8. The van der Waals surface area contributed by atoms with Gasteiger partial charge in [-0.2, -0.15) is 0 Å². The Labute approximate surface area is 130 Å². The largest absolute Gasteiger partial charge is 0.382 e. The fraction of sp³-hybridized carbons (Fsp3) is 0.467. The summed E-state index contributed by atoms with van der Waals surface area (Å²) in [6.07, 6.45) is 0.743. The molecule has 1 atom stereocenters. The third-order valence-electron chi connectivity index (χ3n) is 2.75. The van der Waals surface area contributed by atoms with Gasteiger partial charge in [0.15, 0.2) is 0 Å². The van der Waals surface area contributed by atoms with Gasteiger partial charge in [-0.3, -0.25) is 9.59 Å². The number of hydrogen-bond acceptors (Lipinski definition) is 3. The van der Waals surface area contributed by atoms with E-state index in [1.54, 1.807) is 31.2 Å². The van der Waals surface area contributed by atoms with E-state index in [-0.39, 0.29) is 11.8 Å². The van der Waals surface area contributed by atoms with Crippen LogP contribution in [0, 0.1) is 0 Å². The van der Waals surface area contributed by atoms with Crippen molar-refractivity contribution in [2.24, 2.45) is 0 Å². The van der Waals surface area contributed by atoms with Crippen molar-refractivity contribution in [2.45, 2.75) is 25.6 Å². The van der Waals surface area contributed by atoms with Crippen molar-refractivity contribution >= 4 is 29.1 Å². The zero-order valence-electron chi connectivity index (χ0n) is 12.3. The number of alkyl halides is 1. The molecule has 0 aliphatic rings. The molecule has 1 unspecified atom stereocenters. The van der Waals surface area contributed by atoms with E-state index >= 15 is 0 Å². The van der Waals surface area contributed by atoms with Crippen molar-refractivity contribution in [3.05, 3.63) is 29.8 Å². The molecule has 0 aliphatic heterocycles. The molecule has 1 rings (SSSR count). The van der Waals surface area contributed by atoms with Gasteiger partial charge in [0, 0.05) is 19.8 Å². The van der Waals surface area contributed by atoms with Crippen molar-refractivity contribution < 1.29 is 14.3 Å². The minimum absolute atomic E-state index is 0.232. The van der Waals surface area contributed by atoms with Crippen LogP contribution in [-0.2, 0) is 9.53 Å². The number of anilines is 1. The molecule has 0 heterocycles. The van der Waals surface area contributed by atoms with Crippen LogP contribution in [0.15, 0.2) is 24.3 Å². The number of nitrogens with one attached hydrogen (secondary N) is 2. The summed E-state index contributed by atoms with van der Waals surface area (Å²) in [6, 6.07) is 6.83. The molecule has 1 aromatic carbocycles. The maximum atomic E-state index is 12.1. The molecule has 2 amide bonds. The lowest BCUT2D eigenvalue weighted by Crippen LogP contribution is -2.28. The average molecular weight is 313 g/mol. The molecular formula is C15H21ClN2O3. The van der Waals surface area contributed by atoms with Gasteiger partial charge in [-0.25, -0.2) is 0 Å². The number of rotatable bonds is 8. The van der Waals surface area contributed by atoms with Crippen LogP contribution in [0.25, 0.3) is 0 Å². The Kier molecular flexibility index (Phi) is 7.79. The standard InChI is InChI=1S/C15H21ClN2O3/c1-3-21-10-6-9-17-15(20)12-7-4-5-8-13(12)18-14(19)11(2)16/h4-5,7-8,11H,3,6,9-10H2,1-2H3,(H,17,20)(H,18,19). The Balaban J connectivity index is 2.61. The van der Waals surface area contributed by atoms with Crippen molar-refractivity contribution in [1.82, 2.24) is 5.32 Å². The van der Waals surface area contributed by atoms with Crippen LogP contribution in [0.3, 0.4) is 0 Å². The Morgan fingerprint density at radius 3 is 2.71 bits per heavy atom. The van der Waals surface area contributed by atoms with Crippen molar-refractivity contribution in [1.29, 1.82) is 0 Å². The highest BCUT2D eigenvalue weighted by Gasteiger charge is 2.15. The molecular weight excluding hydrogens is 292 g/mol. The SMILES string of the molecule is CCOCCCNC(=O)c1ccccc1NC(=O)C(C)Cl. The molecule has 21 heavy (non-hydrogen) atoms. The highest BCUT2D eigenvalue weighted by Crippen LogP contribution is 2.15. The predicted molar refractivity (Wildman–Crippen MR) is 83.8 cm³/mol. The second-order valence-electron chi connectivity index (χ2n) is 4.46. The Bertz CT molecular complexity index is 478. The summed E-state index contributed by atoms with van der Waals surface area (Å²) < 4.78 is 5.20. The van der Waals surface area contributed by atoms with E-state index in [1.807, 2.05) is 6.92 Å². The lowest BCUT2D eigenvalue weighted by Gasteiger charge is -2.12. The van der Waals surface area contributed by atoms with E-state index in [0.717, 1.165) is 6.42 Å². The third kappa shape index (κ3) is 6.14. The van der Waals surface area contributed by atoms with Crippen LogP contribution in [0.4, 0.5) is 5.69 Å². The highest BCUT2D eigenvalue weighted by molar-refractivity contribution is 6.32. The molecule has 6 heteroatoms. The molecule has 1 aromatic rings. The molecule has 0 saturated heterocycles. The van der Waals surface area contributed by atoms with E-state index in [9.17, 15) is 9.59 Å². The summed E-state index contributed by atoms with van der Waals surface area (Å²) in [4.78, 5) is 23.7. The number of carbonyl (C=O) groups excluding carboxylic acids is 2. The van der Waals surface area contributed by atoms with E-state index < -0.39 is 5.38 Å². The van der Waals surface area contributed by atoms with Gasteiger partial charge in [-0.1, -0.05) is 12.1 Å². The molecule has 0 saturated carbocycles. The van der Waals surface area contributed by atoms with Gasteiger partial charge in [0.25, 0.3) is 5.91 Å². The number of ether oxygens (including phenoxy) is 1. The first-order valence-corrected chi connectivity index (χ1v) is 7.39. The highest BCUT2D eigenvalue weighted by atomic mass is 35.5. The third-order valence-corrected chi connectivity index (χ3v) is 2.94.